The second-order valence-corrected chi connectivity index (χ2v) is 6.91. The van der Waals surface area contributed by atoms with Crippen molar-refractivity contribution in [2.45, 2.75) is 20.3 Å². The van der Waals surface area contributed by atoms with Crippen LogP contribution in [0, 0.1) is 26.2 Å². The Morgan fingerprint density at radius 2 is 1.96 bits per heavy atom. The van der Waals surface area contributed by atoms with E-state index in [1.54, 1.807) is 24.3 Å². The van der Waals surface area contributed by atoms with Crippen molar-refractivity contribution in [3.63, 3.8) is 0 Å². The molecule has 7 heteroatoms. The number of hydrogen-bond acceptors (Lipinski definition) is 4. The van der Waals surface area contributed by atoms with Crippen LogP contribution in [0.25, 0.3) is 0 Å². The van der Waals surface area contributed by atoms with Gasteiger partial charge in [0.25, 0.3) is 0 Å². The summed E-state index contributed by atoms with van der Waals surface area (Å²) in [5, 5.41) is 6.57. The van der Waals surface area contributed by atoms with Crippen LogP contribution in [0.15, 0.2) is 46.0 Å². The van der Waals surface area contributed by atoms with Crippen LogP contribution in [0.4, 0.5) is 5.69 Å². The van der Waals surface area contributed by atoms with Crippen LogP contribution >= 0.6 is 15.9 Å². The Hall–Kier alpha value is -3.11. The molecular formula is C21H20BrN3O3. The summed E-state index contributed by atoms with van der Waals surface area (Å²) in [5.41, 5.74) is 5.79. The summed E-state index contributed by atoms with van der Waals surface area (Å²) >= 11 is 3.36. The summed E-state index contributed by atoms with van der Waals surface area (Å²) in [5.74, 6) is 1.97. The molecule has 0 heterocycles. The molecule has 2 aromatic carbocycles. The van der Waals surface area contributed by atoms with Gasteiger partial charge in [0.1, 0.15) is 18.8 Å². The second kappa shape index (κ2) is 10.3. The van der Waals surface area contributed by atoms with Crippen LogP contribution in [0.3, 0.4) is 0 Å². The highest BCUT2D eigenvalue weighted by molar-refractivity contribution is 9.10. The van der Waals surface area contributed by atoms with Crippen molar-refractivity contribution in [1.29, 1.82) is 0 Å². The molecule has 0 aromatic heterocycles. The average Bonchev–Trinajstić information content (AvgIpc) is 2.64. The number of amides is 2. The van der Waals surface area contributed by atoms with Crippen molar-refractivity contribution < 1.29 is 14.3 Å². The van der Waals surface area contributed by atoms with Crippen LogP contribution in [0.1, 0.15) is 23.1 Å². The Labute approximate surface area is 172 Å². The molecule has 0 aliphatic heterocycles. The van der Waals surface area contributed by atoms with Gasteiger partial charge in [-0.3, -0.25) is 9.59 Å². The number of nitrogens with zero attached hydrogens (tertiary/aromatic N) is 1. The molecule has 0 saturated heterocycles. The van der Waals surface area contributed by atoms with Crippen molar-refractivity contribution in [3.8, 4) is 18.1 Å². The minimum atomic E-state index is -0.529. The van der Waals surface area contributed by atoms with Crippen molar-refractivity contribution in [3.05, 3.63) is 57.6 Å². The monoisotopic (exact) mass is 441 g/mol. The first-order valence-corrected chi connectivity index (χ1v) is 9.23. The molecule has 2 aromatic rings. The molecule has 6 nitrogen and oxygen atoms in total. The van der Waals surface area contributed by atoms with Crippen LogP contribution in [0.5, 0.6) is 5.75 Å². The first-order valence-electron chi connectivity index (χ1n) is 8.44. The average molecular weight is 442 g/mol. The number of benzene rings is 2. The lowest BCUT2D eigenvalue weighted by Gasteiger charge is -2.08. The highest BCUT2D eigenvalue weighted by Crippen LogP contribution is 2.21. The lowest BCUT2D eigenvalue weighted by atomic mass is 10.1. The van der Waals surface area contributed by atoms with Gasteiger partial charge < -0.3 is 10.1 Å². The molecule has 2 rings (SSSR count). The fraction of sp³-hybridized carbons (Fsp3) is 0.190. The van der Waals surface area contributed by atoms with E-state index in [0.29, 0.717) is 17.0 Å². The smallest absolute Gasteiger partial charge is 0.249 e. The molecule has 0 radical (unpaired) electrons. The first-order chi connectivity index (χ1) is 13.4. The third-order valence-electron chi connectivity index (χ3n) is 3.79. The predicted molar refractivity (Wildman–Crippen MR) is 113 cm³/mol. The Morgan fingerprint density at radius 3 is 2.68 bits per heavy atom. The second-order valence-electron chi connectivity index (χ2n) is 5.99. The highest BCUT2D eigenvalue weighted by Gasteiger charge is 2.10. The number of nitrogens with one attached hydrogen (secondary N) is 2. The number of halogens is 1. The van der Waals surface area contributed by atoms with E-state index in [2.05, 4.69) is 37.7 Å². The van der Waals surface area contributed by atoms with Gasteiger partial charge in [-0.25, -0.2) is 5.43 Å². The molecule has 0 bridgehead atoms. The van der Waals surface area contributed by atoms with E-state index in [9.17, 15) is 9.59 Å². The van der Waals surface area contributed by atoms with Gasteiger partial charge in [0.15, 0.2) is 0 Å². The largest absolute Gasteiger partial charge is 0.480 e. The topological polar surface area (TPSA) is 79.8 Å². The third-order valence-corrected chi connectivity index (χ3v) is 4.28. The van der Waals surface area contributed by atoms with Crippen LogP contribution in [-0.4, -0.2) is 24.6 Å². The number of carbonyl (C=O) groups excluding carboxylic acids is 2. The normalized spacial score (nSPS) is 10.4. The van der Waals surface area contributed by atoms with E-state index < -0.39 is 11.8 Å². The molecule has 28 heavy (non-hydrogen) atoms. The lowest BCUT2D eigenvalue weighted by Crippen LogP contribution is -2.24. The van der Waals surface area contributed by atoms with Gasteiger partial charge in [-0.2, -0.15) is 5.10 Å². The van der Waals surface area contributed by atoms with Gasteiger partial charge in [0, 0.05) is 15.7 Å². The summed E-state index contributed by atoms with van der Waals surface area (Å²) in [6, 6.07) is 10.9. The third kappa shape index (κ3) is 6.56. The Morgan fingerprint density at radius 1 is 1.18 bits per heavy atom. The van der Waals surface area contributed by atoms with E-state index in [1.807, 2.05) is 26.0 Å². The van der Waals surface area contributed by atoms with Crippen LogP contribution in [-0.2, 0) is 9.59 Å². The van der Waals surface area contributed by atoms with Crippen LogP contribution in [0.2, 0.25) is 0 Å². The van der Waals surface area contributed by atoms with Crippen LogP contribution < -0.4 is 15.5 Å². The zero-order valence-corrected chi connectivity index (χ0v) is 17.2. The Kier molecular flexibility index (Phi) is 7.78. The number of terminal acetylenes is 1. The standard InChI is InChI=1S/C21H20BrN3O3/c1-4-9-28-19-8-6-17(22)11-16(19)13-23-25-21(27)12-20(26)24-18-7-5-14(2)15(3)10-18/h1,5-8,10-11,13H,9,12H2,2-3H3,(H,24,26)(H,25,27). The molecule has 0 unspecified atom stereocenters. The van der Waals surface area contributed by atoms with Gasteiger partial charge in [-0.15, -0.1) is 6.42 Å². The minimum Gasteiger partial charge on any atom is -0.480 e. The molecular weight excluding hydrogens is 422 g/mol. The summed E-state index contributed by atoms with van der Waals surface area (Å²) in [7, 11) is 0. The number of aryl methyl sites for hydroxylation is 2. The number of rotatable bonds is 7. The maximum atomic E-state index is 12.0. The van der Waals surface area contributed by atoms with Crippen molar-refractivity contribution in [2.75, 3.05) is 11.9 Å². The molecule has 0 atom stereocenters. The zero-order valence-electron chi connectivity index (χ0n) is 15.6. The zero-order chi connectivity index (χ0) is 20.5. The van der Waals surface area contributed by atoms with E-state index in [-0.39, 0.29) is 13.0 Å². The maximum absolute atomic E-state index is 12.0. The van der Waals surface area contributed by atoms with Crippen molar-refractivity contribution in [2.24, 2.45) is 5.10 Å². The first kappa shape index (κ1) is 21.2. The lowest BCUT2D eigenvalue weighted by molar-refractivity contribution is -0.126. The molecule has 0 aliphatic rings. The quantitative estimate of drug-likeness (QED) is 0.298. The molecule has 0 fully saturated rings. The highest BCUT2D eigenvalue weighted by atomic mass is 79.9. The van der Waals surface area contributed by atoms with Gasteiger partial charge in [-0.05, 0) is 55.3 Å². The van der Waals surface area contributed by atoms with E-state index in [0.717, 1.165) is 15.6 Å². The molecule has 2 amide bonds. The number of carbonyl (C=O) groups is 2. The fourth-order valence-corrected chi connectivity index (χ4v) is 2.63. The SMILES string of the molecule is C#CCOc1ccc(Br)cc1C=NNC(=O)CC(=O)Nc1ccc(C)c(C)c1. The maximum Gasteiger partial charge on any atom is 0.249 e. The van der Waals surface area contributed by atoms with Gasteiger partial charge in [-0.1, -0.05) is 27.9 Å². The summed E-state index contributed by atoms with van der Waals surface area (Å²) < 4.78 is 6.24. The van der Waals surface area contributed by atoms with E-state index in [1.165, 1.54) is 6.21 Å². The number of anilines is 1. The number of hydrazone groups is 1. The predicted octanol–water partition coefficient (Wildman–Crippen LogP) is 3.56. The number of hydrogen-bond donors (Lipinski definition) is 2. The summed E-state index contributed by atoms with van der Waals surface area (Å²) in [6.45, 7) is 4.06. The molecule has 0 saturated carbocycles. The minimum absolute atomic E-state index is 0.119. The van der Waals surface area contributed by atoms with Crippen molar-refractivity contribution >= 4 is 39.6 Å². The Bertz CT molecular complexity index is 948. The van der Waals surface area contributed by atoms with E-state index >= 15 is 0 Å². The number of ether oxygens (including phenoxy) is 1. The van der Waals surface area contributed by atoms with Gasteiger partial charge >= 0.3 is 0 Å². The molecule has 0 spiro atoms. The Balaban J connectivity index is 1.91. The summed E-state index contributed by atoms with van der Waals surface area (Å²) in [6.07, 6.45) is 6.28. The van der Waals surface area contributed by atoms with Gasteiger partial charge in [0.2, 0.25) is 11.8 Å². The molecule has 0 aliphatic carbocycles. The molecule has 2 N–H and O–H groups in total. The summed E-state index contributed by atoms with van der Waals surface area (Å²) in [4.78, 5) is 23.9. The van der Waals surface area contributed by atoms with Crippen molar-refractivity contribution in [1.82, 2.24) is 5.43 Å². The van der Waals surface area contributed by atoms with Gasteiger partial charge in [0.05, 0.1) is 6.21 Å². The molecule has 144 valence electrons. The van der Waals surface area contributed by atoms with E-state index in [4.69, 9.17) is 11.2 Å². The fourth-order valence-electron chi connectivity index (χ4n) is 2.25.